The summed E-state index contributed by atoms with van der Waals surface area (Å²) >= 11 is 0. The maximum Gasteiger partial charge on any atom is 0.325 e. The number of nitrogens with zero attached hydrogens (tertiary/aromatic N) is 1. The van der Waals surface area contributed by atoms with Crippen LogP contribution in [-0.4, -0.2) is 53.7 Å². The highest BCUT2D eigenvalue weighted by molar-refractivity contribution is 5.81. The zero-order valence-electron chi connectivity index (χ0n) is 10.3. The number of hydrogen-bond donors (Lipinski definition) is 2. The van der Waals surface area contributed by atoms with Gasteiger partial charge in [0.1, 0.15) is 6.54 Å². The standard InChI is InChI=1S/C11H18N2O5/c1-2-18-10(16)7-12-11(17)13(8-3-4-8)6-5-9(14)15/h8H,2-7H2,1H3,(H,12,17)(H,14,15). The summed E-state index contributed by atoms with van der Waals surface area (Å²) in [7, 11) is 0. The Hall–Kier alpha value is -1.79. The van der Waals surface area contributed by atoms with Crippen LogP contribution in [0, 0.1) is 0 Å². The molecule has 0 atom stereocenters. The molecular weight excluding hydrogens is 240 g/mol. The van der Waals surface area contributed by atoms with E-state index in [-0.39, 0.29) is 32.2 Å². The maximum atomic E-state index is 11.8. The molecule has 1 aliphatic rings. The molecule has 0 saturated heterocycles. The second-order valence-electron chi connectivity index (χ2n) is 4.03. The van der Waals surface area contributed by atoms with Crippen molar-refractivity contribution in [1.82, 2.24) is 10.2 Å². The fourth-order valence-electron chi connectivity index (χ4n) is 1.51. The van der Waals surface area contributed by atoms with Gasteiger partial charge in [-0.2, -0.15) is 0 Å². The van der Waals surface area contributed by atoms with E-state index in [9.17, 15) is 14.4 Å². The molecule has 0 bridgehead atoms. The van der Waals surface area contributed by atoms with E-state index in [0.717, 1.165) is 12.8 Å². The van der Waals surface area contributed by atoms with Gasteiger partial charge in [0.2, 0.25) is 0 Å². The molecule has 0 unspecified atom stereocenters. The highest BCUT2D eigenvalue weighted by atomic mass is 16.5. The molecule has 0 aliphatic heterocycles. The number of carboxylic acid groups (broad SMARTS) is 1. The molecule has 102 valence electrons. The Bertz CT molecular complexity index is 327. The van der Waals surface area contributed by atoms with Crippen LogP contribution in [0.15, 0.2) is 0 Å². The quantitative estimate of drug-likeness (QED) is 0.636. The molecule has 7 heteroatoms. The van der Waals surface area contributed by atoms with E-state index < -0.39 is 18.0 Å². The zero-order valence-corrected chi connectivity index (χ0v) is 10.3. The van der Waals surface area contributed by atoms with Gasteiger partial charge in [-0.05, 0) is 19.8 Å². The summed E-state index contributed by atoms with van der Waals surface area (Å²) in [5.41, 5.74) is 0. The molecule has 0 aromatic rings. The smallest absolute Gasteiger partial charge is 0.325 e. The molecule has 2 N–H and O–H groups in total. The van der Waals surface area contributed by atoms with E-state index >= 15 is 0 Å². The first kappa shape index (κ1) is 14.3. The second kappa shape index (κ2) is 6.83. The normalized spacial score (nSPS) is 13.8. The van der Waals surface area contributed by atoms with E-state index in [1.165, 1.54) is 4.90 Å². The number of ether oxygens (including phenoxy) is 1. The van der Waals surface area contributed by atoms with Crippen molar-refractivity contribution in [2.24, 2.45) is 0 Å². The first-order valence-electron chi connectivity index (χ1n) is 5.96. The third kappa shape index (κ3) is 5.03. The molecule has 0 aromatic carbocycles. The van der Waals surface area contributed by atoms with Gasteiger partial charge < -0.3 is 20.1 Å². The Balaban J connectivity index is 2.35. The average molecular weight is 258 g/mol. The third-order valence-electron chi connectivity index (χ3n) is 2.50. The third-order valence-corrected chi connectivity index (χ3v) is 2.50. The lowest BCUT2D eigenvalue weighted by Gasteiger charge is -2.21. The van der Waals surface area contributed by atoms with Crippen molar-refractivity contribution in [1.29, 1.82) is 0 Å². The van der Waals surface area contributed by atoms with Crippen molar-refractivity contribution >= 4 is 18.0 Å². The first-order chi connectivity index (χ1) is 8.54. The Morgan fingerprint density at radius 3 is 2.56 bits per heavy atom. The molecule has 0 aromatic heterocycles. The molecule has 0 heterocycles. The molecule has 1 rings (SSSR count). The van der Waals surface area contributed by atoms with Gasteiger partial charge in [-0.15, -0.1) is 0 Å². The lowest BCUT2D eigenvalue weighted by atomic mass is 10.4. The number of hydrogen-bond acceptors (Lipinski definition) is 4. The SMILES string of the molecule is CCOC(=O)CNC(=O)N(CCC(=O)O)C1CC1. The van der Waals surface area contributed by atoms with Crippen molar-refractivity contribution in [3.63, 3.8) is 0 Å². The highest BCUT2D eigenvalue weighted by Crippen LogP contribution is 2.26. The minimum Gasteiger partial charge on any atom is -0.481 e. The lowest BCUT2D eigenvalue weighted by Crippen LogP contribution is -2.44. The predicted octanol–water partition coefficient (Wildman–Crippen LogP) is 0.198. The summed E-state index contributed by atoms with van der Waals surface area (Å²) in [4.78, 5) is 34.8. The molecule has 2 amide bonds. The van der Waals surface area contributed by atoms with Gasteiger partial charge in [-0.25, -0.2) is 4.79 Å². The largest absolute Gasteiger partial charge is 0.481 e. The van der Waals surface area contributed by atoms with Crippen LogP contribution in [0.4, 0.5) is 4.79 Å². The summed E-state index contributed by atoms with van der Waals surface area (Å²) in [6, 6.07) is -0.307. The van der Waals surface area contributed by atoms with Crippen LogP contribution in [0.2, 0.25) is 0 Å². The average Bonchev–Trinajstić information content (AvgIpc) is 3.11. The fraction of sp³-hybridized carbons (Fsp3) is 0.727. The summed E-state index contributed by atoms with van der Waals surface area (Å²) < 4.78 is 4.68. The maximum absolute atomic E-state index is 11.8. The Morgan fingerprint density at radius 2 is 2.06 bits per heavy atom. The molecular formula is C11H18N2O5. The molecule has 0 spiro atoms. The van der Waals surface area contributed by atoms with Crippen LogP contribution in [-0.2, 0) is 14.3 Å². The van der Waals surface area contributed by atoms with Gasteiger partial charge >= 0.3 is 18.0 Å². The number of carbonyl (C=O) groups is 3. The van der Waals surface area contributed by atoms with Gasteiger partial charge in [-0.1, -0.05) is 0 Å². The number of carboxylic acids is 1. The monoisotopic (exact) mass is 258 g/mol. The number of nitrogens with one attached hydrogen (secondary N) is 1. The summed E-state index contributed by atoms with van der Waals surface area (Å²) in [6.07, 6.45) is 1.67. The molecule has 1 saturated carbocycles. The van der Waals surface area contributed by atoms with Crippen LogP contribution in [0.3, 0.4) is 0 Å². The summed E-state index contributed by atoms with van der Waals surface area (Å²) in [5.74, 6) is -1.45. The van der Waals surface area contributed by atoms with Crippen LogP contribution in [0.1, 0.15) is 26.2 Å². The Kier molecular flexibility index (Phi) is 5.41. The highest BCUT2D eigenvalue weighted by Gasteiger charge is 2.32. The zero-order chi connectivity index (χ0) is 13.5. The van der Waals surface area contributed by atoms with Crippen LogP contribution >= 0.6 is 0 Å². The van der Waals surface area contributed by atoms with Gasteiger partial charge in [0.05, 0.1) is 13.0 Å². The van der Waals surface area contributed by atoms with Gasteiger partial charge in [-0.3, -0.25) is 9.59 Å². The molecule has 1 aliphatic carbocycles. The Labute approximate surface area is 105 Å². The molecule has 18 heavy (non-hydrogen) atoms. The van der Waals surface area contributed by atoms with Gasteiger partial charge in [0, 0.05) is 12.6 Å². The fourth-order valence-corrected chi connectivity index (χ4v) is 1.51. The van der Waals surface area contributed by atoms with Crippen molar-refractivity contribution in [2.75, 3.05) is 19.7 Å². The second-order valence-corrected chi connectivity index (χ2v) is 4.03. The minimum atomic E-state index is -0.946. The number of aliphatic carboxylic acids is 1. The van der Waals surface area contributed by atoms with E-state index in [2.05, 4.69) is 10.1 Å². The number of amides is 2. The molecule has 7 nitrogen and oxygen atoms in total. The van der Waals surface area contributed by atoms with Crippen LogP contribution in [0.5, 0.6) is 0 Å². The van der Waals surface area contributed by atoms with E-state index in [0.29, 0.717) is 0 Å². The van der Waals surface area contributed by atoms with E-state index in [4.69, 9.17) is 5.11 Å². The van der Waals surface area contributed by atoms with Crippen molar-refractivity contribution in [2.45, 2.75) is 32.2 Å². The van der Waals surface area contributed by atoms with Crippen molar-refractivity contribution < 1.29 is 24.2 Å². The van der Waals surface area contributed by atoms with Crippen LogP contribution < -0.4 is 5.32 Å². The molecule has 1 fully saturated rings. The number of rotatable bonds is 7. The Morgan fingerprint density at radius 1 is 1.39 bits per heavy atom. The topological polar surface area (TPSA) is 95.9 Å². The minimum absolute atomic E-state index is 0.0939. The number of carbonyl (C=O) groups excluding carboxylic acids is 2. The predicted molar refractivity (Wildman–Crippen MR) is 62.0 cm³/mol. The van der Waals surface area contributed by atoms with Crippen LogP contribution in [0.25, 0.3) is 0 Å². The van der Waals surface area contributed by atoms with Crippen molar-refractivity contribution in [3.05, 3.63) is 0 Å². The van der Waals surface area contributed by atoms with Gasteiger partial charge in [0.25, 0.3) is 0 Å². The lowest BCUT2D eigenvalue weighted by molar-refractivity contribution is -0.142. The van der Waals surface area contributed by atoms with Gasteiger partial charge in [0.15, 0.2) is 0 Å². The first-order valence-corrected chi connectivity index (χ1v) is 5.96. The summed E-state index contributed by atoms with van der Waals surface area (Å²) in [6.45, 7) is 1.92. The number of esters is 1. The van der Waals surface area contributed by atoms with E-state index in [1.807, 2.05) is 0 Å². The van der Waals surface area contributed by atoms with Crippen molar-refractivity contribution in [3.8, 4) is 0 Å². The number of urea groups is 1. The molecule has 0 radical (unpaired) electrons. The summed E-state index contributed by atoms with van der Waals surface area (Å²) in [5, 5.41) is 11.0. The van der Waals surface area contributed by atoms with E-state index in [1.54, 1.807) is 6.92 Å².